The first-order chi connectivity index (χ1) is 14.8. The standard InChI is InChI=1S/C23H27F2N3O3/c1-15(29)27-20(11-16-9-17(24)12-18(25)10-16)21(30)13-26-14-23(7-8-23)22(31)28-19-5-3-2-4-6-19/h2-6,9-10,12,20-21,26,30H,7-8,11,13-14H2,1H3,(H,27,29)(H,28,31). The largest absolute Gasteiger partial charge is 0.390 e. The van der Waals surface area contributed by atoms with Gasteiger partial charge >= 0.3 is 0 Å². The van der Waals surface area contributed by atoms with Crippen LogP contribution in [-0.4, -0.2) is 42.2 Å². The Balaban J connectivity index is 1.54. The molecule has 1 saturated carbocycles. The van der Waals surface area contributed by atoms with Gasteiger partial charge < -0.3 is 21.1 Å². The highest BCUT2D eigenvalue weighted by Gasteiger charge is 2.49. The fourth-order valence-electron chi connectivity index (χ4n) is 3.55. The summed E-state index contributed by atoms with van der Waals surface area (Å²) in [7, 11) is 0. The van der Waals surface area contributed by atoms with Gasteiger partial charge in [0.05, 0.1) is 17.6 Å². The average Bonchev–Trinajstić information content (AvgIpc) is 3.48. The van der Waals surface area contributed by atoms with E-state index < -0.39 is 29.2 Å². The molecule has 6 nitrogen and oxygen atoms in total. The van der Waals surface area contributed by atoms with E-state index >= 15 is 0 Å². The summed E-state index contributed by atoms with van der Waals surface area (Å²) in [6, 6.07) is 11.6. The number of aliphatic hydroxyl groups is 1. The predicted octanol–water partition coefficient (Wildman–Crippen LogP) is 2.38. The highest BCUT2D eigenvalue weighted by atomic mass is 19.1. The number of hydrogen-bond donors (Lipinski definition) is 4. The summed E-state index contributed by atoms with van der Waals surface area (Å²) in [6.45, 7) is 1.81. The second-order valence-corrected chi connectivity index (χ2v) is 8.09. The molecule has 1 fully saturated rings. The SMILES string of the molecule is CC(=O)NC(Cc1cc(F)cc(F)c1)C(O)CNCC1(C(=O)Nc2ccccc2)CC1. The number of hydrogen-bond acceptors (Lipinski definition) is 4. The topological polar surface area (TPSA) is 90.5 Å². The van der Waals surface area contributed by atoms with E-state index in [2.05, 4.69) is 16.0 Å². The van der Waals surface area contributed by atoms with Crippen LogP contribution in [0.25, 0.3) is 0 Å². The van der Waals surface area contributed by atoms with Crippen molar-refractivity contribution in [1.82, 2.24) is 10.6 Å². The normalized spacial score (nSPS) is 16.3. The summed E-state index contributed by atoms with van der Waals surface area (Å²) >= 11 is 0. The molecule has 0 heterocycles. The third-order valence-corrected chi connectivity index (χ3v) is 5.41. The lowest BCUT2D eigenvalue weighted by Crippen LogP contribution is -2.49. The number of nitrogens with one attached hydrogen (secondary N) is 3. The Morgan fingerprint density at radius 3 is 2.32 bits per heavy atom. The molecule has 8 heteroatoms. The van der Waals surface area contributed by atoms with Gasteiger partial charge in [0.15, 0.2) is 0 Å². The van der Waals surface area contributed by atoms with Crippen LogP contribution < -0.4 is 16.0 Å². The maximum Gasteiger partial charge on any atom is 0.231 e. The van der Waals surface area contributed by atoms with E-state index in [1.54, 1.807) is 0 Å². The van der Waals surface area contributed by atoms with Crippen molar-refractivity contribution in [3.63, 3.8) is 0 Å². The number of carbonyl (C=O) groups excluding carboxylic acids is 2. The first-order valence-corrected chi connectivity index (χ1v) is 10.2. The van der Waals surface area contributed by atoms with Gasteiger partial charge in [-0.3, -0.25) is 9.59 Å². The van der Waals surface area contributed by atoms with Crippen LogP contribution in [0.2, 0.25) is 0 Å². The lowest BCUT2D eigenvalue weighted by Gasteiger charge is -2.25. The van der Waals surface area contributed by atoms with Crippen molar-refractivity contribution in [1.29, 1.82) is 0 Å². The van der Waals surface area contributed by atoms with Crippen LogP contribution in [0.15, 0.2) is 48.5 Å². The monoisotopic (exact) mass is 431 g/mol. The number of halogens is 2. The third-order valence-electron chi connectivity index (χ3n) is 5.41. The fourth-order valence-corrected chi connectivity index (χ4v) is 3.55. The minimum absolute atomic E-state index is 0.0662. The van der Waals surface area contributed by atoms with E-state index in [0.717, 1.165) is 24.6 Å². The first kappa shape index (κ1) is 22.8. The lowest BCUT2D eigenvalue weighted by molar-refractivity contribution is -0.121. The number of aliphatic hydroxyl groups excluding tert-OH is 1. The Morgan fingerprint density at radius 2 is 1.74 bits per heavy atom. The molecule has 0 radical (unpaired) electrons. The molecule has 2 unspecified atom stereocenters. The van der Waals surface area contributed by atoms with Crippen molar-refractivity contribution >= 4 is 17.5 Å². The number of carbonyl (C=O) groups is 2. The minimum Gasteiger partial charge on any atom is -0.390 e. The maximum atomic E-state index is 13.5. The van der Waals surface area contributed by atoms with E-state index in [-0.39, 0.29) is 24.8 Å². The summed E-state index contributed by atoms with van der Waals surface area (Å²) in [4.78, 5) is 24.2. The molecule has 2 aromatic rings. The molecule has 4 N–H and O–H groups in total. The van der Waals surface area contributed by atoms with E-state index in [0.29, 0.717) is 12.1 Å². The molecule has 1 aliphatic rings. The van der Waals surface area contributed by atoms with Gasteiger partial charge in [-0.05, 0) is 49.1 Å². The third kappa shape index (κ3) is 6.57. The van der Waals surface area contributed by atoms with Crippen molar-refractivity contribution in [3.8, 4) is 0 Å². The van der Waals surface area contributed by atoms with Gasteiger partial charge in [0.2, 0.25) is 11.8 Å². The van der Waals surface area contributed by atoms with Crippen LogP contribution in [0, 0.1) is 17.0 Å². The zero-order valence-corrected chi connectivity index (χ0v) is 17.3. The summed E-state index contributed by atoms with van der Waals surface area (Å²) in [6.07, 6.45) is 0.540. The molecule has 0 saturated heterocycles. The minimum atomic E-state index is -1.01. The van der Waals surface area contributed by atoms with Crippen LogP contribution in [-0.2, 0) is 16.0 Å². The molecule has 1 aliphatic carbocycles. The summed E-state index contributed by atoms with van der Waals surface area (Å²) < 4.78 is 26.9. The molecule has 2 amide bonds. The van der Waals surface area contributed by atoms with E-state index in [1.165, 1.54) is 19.1 Å². The lowest BCUT2D eigenvalue weighted by atomic mass is 10.00. The van der Waals surface area contributed by atoms with E-state index in [4.69, 9.17) is 0 Å². The van der Waals surface area contributed by atoms with Crippen LogP contribution in [0.5, 0.6) is 0 Å². The Bertz CT molecular complexity index is 899. The van der Waals surface area contributed by atoms with Gasteiger partial charge in [-0.25, -0.2) is 8.78 Å². The fraction of sp³-hybridized carbons (Fsp3) is 0.391. The molecule has 166 valence electrons. The number of para-hydroxylation sites is 1. The van der Waals surface area contributed by atoms with Crippen LogP contribution in [0.4, 0.5) is 14.5 Å². The van der Waals surface area contributed by atoms with Crippen molar-refractivity contribution in [2.45, 2.75) is 38.3 Å². The number of anilines is 1. The van der Waals surface area contributed by atoms with Gasteiger partial charge in [-0.15, -0.1) is 0 Å². The van der Waals surface area contributed by atoms with Gasteiger partial charge in [-0.1, -0.05) is 18.2 Å². The Kier molecular flexibility index (Phi) is 7.35. The number of rotatable bonds is 10. The van der Waals surface area contributed by atoms with Gasteiger partial charge in [-0.2, -0.15) is 0 Å². The summed E-state index contributed by atoms with van der Waals surface area (Å²) in [5.41, 5.74) is 0.535. The van der Waals surface area contributed by atoms with Crippen molar-refractivity contribution in [2.24, 2.45) is 5.41 Å². The van der Waals surface area contributed by atoms with Gasteiger partial charge in [0.25, 0.3) is 0 Å². The molecule has 3 rings (SSSR count). The number of benzene rings is 2. The molecule has 0 aliphatic heterocycles. The molecule has 31 heavy (non-hydrogen) atoms. The highest BCUT2D eigenvalue weighted by Crippen LogP contribution is 2.46. The average molecular weight is 431 g/mol. The van der Waals surface area contributed by atoms with Crippen LogP contribution >= 0.6 is 0 Å². The Hall–Kier alpha value is -2.84. The molecule has 0 aromatic heterocycles. The first-order valence-electron chi connectivity index (χ1n) is 10.2. The quantitative estimate of drug-likeness (QED) is 0.465. The van der Waals surface area contributed by atoms with Crippen molar-refractivity contribution in [3.05, 3.63) is 65.7 Å². The maximum absolute atomic E-state index is 13.5. The van der Waals surface area contributed by atoms with Gasteiger partial charge in [0.1, 0.15) is 11.6 Å². The molecule has 0 spiro atoms. The molecule has 0 bridgehead atoms. The zero-order chi connectivity index (χ0) is 22.4. The second-order valence-electron chi connectivity index (χ2n) is 8.09. The van der Waals surface area contributed by atoms with Gasteiger partial charge in [0, 0.05) is 31.8 Å². The van der Waals surface area contributed by atoms with Crippen LogP contribution in [0.3, 0.4) is 0 Å². The zero-order valence-electron chi connectivity index (χ0n) is 17.3. The predicted molar refractivity (Wildman–Crippen MR) is 113 cm³/mol. The molecular formula is C23H27F2N3O3. The molecule has 2 atom stereocenters. The Labute approximate surface area is 180 Å². The van der Waals surface area contributed by atoms with Crippen molar-refractivity contribution < 1.29 is 23.5 Å². The second kappa shape index (κ2) is 9.98. The van der Waals surface area contributed by atoms with Crippen molar-refractivity contribution in [2.75, 3.05) is 18.4 Å². The number of amides is 2. The molecular weight excluding hydrogens is 404 g/mol. The summed E-state index contributed by atoms with van der Waals surface area (Å²) in [5, 5.41) is 19.2. The Morgan fingerprint density at radius 1 is 1.10 bits per heavy atom. The smallest absolute Gasteiger partial charge is 0.231 e. The van der Waals surface area contributed by atoms with Crippen LogP contribution in [0.1, 0.15) is 25.3 Å². The summed E-state index contributed by atoms with van der Waals surface area (Å²) in [5.74, 6) is -1.87. The van der Waals surface area contributed by atoms with E-state index in [9.17, 15) is 23.5 Å². The molecule has 2 aromatic carbocycles. The van der Waals surface area contributed by atoms with E-state index in [1.807, 2.05) is 30.3 Å². The highest BCUT2D eigenvalue weighted by molar-refractivity contribution is 5.97.